The molecule has 8 nitrogen and oxygen atoms in total. The van der Waals surface area contributed by atoms with Crippen molar-refractivity contribution in [1.29, 1.82) is 0 Å². The summed E-state index contributed by atoms with van der Waals surface area (Å²) in [5.74, 6) is -0.814. The first kappa shape index (κ1) is 32.4. The molecule has 1 heterocycles. The second kappa shape index (κ2) is 15.1. The molecule has 39 heavy (non-hydrogen) atoms. The number of amides is 3. The van der Waals surface area contributed by atoms with Gasteiger partial charge in [0.15, 0.2) is 5.17 Å². The molecule has 1 aliphatic rings. The largest absolute Gasteiger partial charge is 0.444 e. The Morgan fingerprint density at radius 2 is 1.74 bits per heavy atom. The number of amidine groups is 1. The van der Waals surface area contributed by atoms with Gasteiger partial charge in [-0.2, -0.15) is 0 Å². The van der Waals surface area contributed by atoms with Crippen LogP contribution in [0.5, 0.6) is 0 Å². The summed E-state index contributed by atoms with van der Waals surface area (Å²) in [6.07, 6.45) is 3.37. The number of aliphatic imine (C=N–C) groups is 1. The quantitative estimate of drug-likeness (QED) is 0.341. The van der Waals surface area contributed by atoms with E-state index in [4.69, 9.17) is 4.74 Å². The second-order valence-electron chi connectivity index (χ2n) is 11.7. The van der Waals surface area contributed by atoms with E-state index >= 15 is 0 Å². The average Bonchev–Trinajstić information content (AvgIpc) is 2.82. The minimum atomic E-state index is -0.672. The van der Waals surface area contributed by atoms with E-state index in [9.17, 15) is 14.4 Å². The molecule has 3 amide bonds. The zero-order valence-electron chi connectivity index (χ0n) is 24.7. The summed E-state index contributed by atoms with van der Waals surface area (Å²) in [5, 5.41) is 9.81. The van der Waals surface area contributed by atoms with Crippen molar-refractivity contribution < 1.29 is 19.1 Å². The highest BCUT2D eigenvalue weighted by atomic mass is 32.2. The number of ether oxygens (including phenoxy) is 1. The molecule has 2 rings (SSSR count). The van der Waals surface area contributed by atoms with Gasteiger partial charge in [0.1, 0.15) is 11.6 Å². The number of nitrogens with zero attached hydrogens (tertiary/aromatic N) is 1. The van der Waals surface area contributed by atoms with Crippen molar-refractivity contribution in [2.24, 2.45) is 16.8 Å². The van der Waals surface area contributed by atoms with Crippen LogP contribution in [0.1, 0.15) is 73.8 Å². The normalized spacial score (nSPS) is 18.4. The fourth-order valence-corrected chi connectivity index (χ4v) is 5.04. The summed E-state index contributed by atoms with van der Waals surface area (Å²) in [5.41, 5.74) is 1.26. The van der Waals surface area contributed by atoms with Crippen molar-refractivity contribution in [2.45, 2.75) is 97.6 Å². The highest BCUT2D eigenvalue weighted by Crippen LogP contribution is 2.20. The maximum Gasteiger partial charge on any atom is 0.408 e. The number of carbonyl (C=O) groups is 3. The molecule has 1 aliphatic heterocycles. The number of alkyl carbamates (subject to hydrolysis) is 1. The molecule has 216 valence electrons. The highest BCUT2D eigenvalue weighted by Gasteiger charge is 2.27. The van der Waals surface area contributed by atoms with Gasteiger partial charge in [-0.15, -0.1) is 0 Å². The third kappa shape index (κ3) is 12.3. The lowest BCUT2D eigenvalue weighted by molar-refractivity contribution is -0.129. The Hall–Kier alpha value is -2.81. The molecule has 1 aromatic rings. The molecular formula is C30H46N4O4S. The fourth-order valence-electron chi connectivity index (χ4n) is 4.11. The van der Waals surface area contributed by atoms with Gasteiger partial charge in [-0.3, -0.25) is 14.6 Å². The molecule has 0 saturated heterocycles. The van der Waals surface area contributed by atoms with Crippen molar-refractivity contribution in [3.8, 4) is 0 Å². The monoisotopic (exact) mass is 558 g/mol. The van der Waals surface area contributed by atoms with Crippen LogP contribution in [0.4, 0.5) is 4.79 Å². The summed E-state index contributed by atoms with van der Waals surface area (Å²) < 4.78 is 5.48. The first-order valence-electron chi connectivity index (χ1n) is 13.8. The van der Waals surface area contributed by atoms with Gasteiger partial charge in [0.2, 0.25) is 11.8 Å². The average molecular weight is 559 g/mol. The number of thioether (sulfide) groups is 1. The zero-order valence-corrected chi connectivity index (χ0v) is 25.5. The van der Waals surface area contributed by atoms with Crippen LogP contribution < -0.4 is 16.0 Å². The van der Waals surface area contributed by atoms with E-state index in [-0.39, 0.29) is 23.8 Å². The van der Waals surface area contributed by atoms with Crippen molar-refractivity contribution in [1.82, 2.24) is 16.0 Å². The molecule has 0 radical (unpaired) electrons. The number of hydrogen-bond donors (Lipinski definition) is 3. The van der Waals surface area contributed by atoms with Crippen LogP contribution in [0.2, 0.25) is 0 Å². The highest BCUT2D eigenvalue weighted by molar-refractivity contribution is 8.14. The third-order valence-electron chi connectivity index (χ3n) is 6.12. The maximum absolute atomic E-state index is 13.2. The van der Waals surface area contributed by atoms with Crippen LogP contribution in [-0.2, 0) is 20.7 Å². The van der Waals surface area contributed by atoms with E-state index in [0.29, 0.717) is 29.8 Å². The second-order valence-corrected chi connectivity index (χ2v) is 13.1. The van der Waals surface area contributed by atoms with Gasteiger partial charge in [-0.25, -0.2) is 4.79 Å². The predicted octanol–water partition coefficient (Wildman–Crippen LogP) is 5.23. The Morgan fingerprint density at radius 1 is 1.08 bits per heavy atom. The van der Waals surface area contributed by atoms with Crippen molar-refractivity contribution >= 4 is 34.8 Å². The van der Waals surface area contributed by atoms with E-state index in [0.717, 1.165) is 17.6 Å². The topological polar surface area (TPSA) is 109 Å². The summed E-state index contributed by atoms with van der Waals surface area (Å²) in [4.78, 5) is 43.3. The summed E-state index contributed by atoms with van der Waals surface area (Å²) in [6.45, 7) is 16.0. The smallest absolute Gasteiger partial charge is 0.408 e. The van der Waals surface area contributed by atoms with Gasteiger partial charge in [0, 0.05) is 11.8 Å². The minimum Gasteiger partial charge on any atom is -0.444 e. The van der Waals surface area contributed by atoms with Crippen LogP contribution in [0, 0.1) is 11.8 Å². The Morgan fingerprint density at radius 3 is 2.33 bits per heavy atom. The fraction of sp³-hybridized carbons (Fsp3) is 0.600. The zero-order chi connectivity index (χ0) is 29.2. The standard InChI is InChI=1S/C30H46N4O4S/c1-19(2)16-25(27(36)34-28-31-15-14-22(5)39-28)32-26(35)21(4)17-20(3)24(18-23-12-10-9-11-13-23)33-29(37)38-30(6,7)8/h9-13,17,19,21-22,24-25H,14-16,18H2,1-8H3,(H,32,35)(H,33,37)(H,31,34,36)/b20-17+/t21-,22?,24-,25+/m1/s1. The van der Waals surface area contributed by atoms with E-state index < -0.39 is 23.7 Å². The van der Waals surface area contributed by atoms with E-state index in [2.05, 4.69) is 27.9 Å². The molecule has 1 aromatic carbocycles. The lowest BCUT2D eigenvalue weighted by Crippen LogP contribution is -2.50. The van der Waals surface area contributed by atoms with Crippen LogP contribution in [0.15, 0.2) is 47.0 Å². The van der Waals surface area contributed by atoms with Gasteiger partial charge in [0.05, 0.1) is 12.0 Å². The SMILES string of the molecule is C/C(=C\[C@@H](C)C(=O)N[C@@H](CC(C)C)C(=O)NC1=NCCC(C)S1)[C@@H](Cc1ccccc1)NC(=O)OC(C)(C)C. The van der Waals surface area contributed by atoms with Crippen molar-refractivity contribution in [3.63, 3.8) is 0 Å². The first-order chi connectivity index (χ1) is 18.2. The molecule has 0 aromatic heterocycles. The number of nitrogens with one attached hydrogen (secondary N) is 3. The van der Waals surface area contributed by atoms with E-state index in [1.54, 1.807) is 18.7 Å². The van der Waals surface area contributed by atoms with Crippen LogP contribution >= 0.6 is 11.8 Å². The Balaban J connectivity index is 2.14. The molecule has 0 spiro atoms. The molecule has 0 saturated carbocycles. The molecule has 3 N–H and O–H groups in total. The minimum absolute atomic E-state index is 0.210. The molecular weight excluding hydrogens is 512 g/mol. The Labute approximate surface area is 238 Å². The molecule has 0 fully saturated rings. The first-order valence-corrected chi connectivity index (χ1v) is 14.7. The van der Waals surface area contributed by atoms with Gasteiger partial charge in [-0.1, -0.05) is 81.4 Å². The molecule has 1 unspecified atom stereocenters. The van der Waals surface area contributed by atoms with E-state index in [1.807, 2.05) is 78.0 Å². The van der Waals surface area contributed by atoms with Crippen molar-refractivity contribution in [3.05, 3.63) is 47.5 Å². The molecule has 4 atom stereocenters. The number of hydrogen-bond acceptors (Lipinski definition) is 6. The van der Waals surface area contributed by atoms with Gasteiger partial charge >= 0.3 is 6.09 Å². The van der Waals surface area contributed by atoms with Gasteiger partial charge in [0.25, 0.3) is 0 Å². The molecule has 0 bridgehead atoms. The molecule has 0 aliphatic carbocycles. The van der Waals surface area contributed by atoms with Crippen LogP contribution in [0.25, 0.3) is 0 Å². The lowest BCUT2D eigenvalue weighted by atomic mass is 9.96. The van der Waals surface area contributed by atoms with Gasteiger partial charge < -0.3 is 20.7 Å². The maximum atomic E-state index is 13.2. The number of benzene rings is 1. The van der Waals surface area contributed by atoms with Crippen LogP contribution in [-0.4, -0.2) is 52.6 Å². The number of rotatable bonds is 10. The third-order valence-corrected chi connectivity index (χ3v) is 7.22. The van der Waals surface area contributed by atoms with Crippen molar-refractivity contribution in [2.75, 3.05) is 6.54 Å². The predicted molar refractivity (Wildman–Crippen MR) is 160 cm³/mol. The Kier molecular flexibility index (Phi) is 12.5. The van der Waals surface area contributed by atoms with E-state index in [1.165, 1.54) is 0 Å². The lowest BCUT2D eigenvalue weighted by Gasteiger charge is -2.25. The summed E-state index contributed by atoms with van der Waals surface area (Å²) >= 11 is 1.55. The van der Waals surface area contributed by atoms with Gasteiger partial charge in [-0.05, 0) is 58.4 Å². The Bertz CT molecular complexity index is 1030. The summed E-state index contributed by atoms with van der Waals surface area (Å²) in [7, 11) is 0. The van der Waals surface area contributed by atoms with Crippen LogP contribution in [0.3, 0.4) is 0 Å². The molecule has 9 heteroatoms. The summed E-state index contributed by atoms with van der Waals surface area (Å²) in [6, 6.07) is 8.80. The number of carbonyl (C=O) groups excluding carboxylic acids is 3.